The number of nitrogens with zero attached hydrogens (tertiary/aromatic N) is 1. The van der Waals surface area contributed by atoms with Crippen LogP contribution >= 0.6 is 0 Å². The minimum absolute atomic E-state index is 0.179. The maximum absolute atomic E-state index is 11.9. The number of ether oxygens (including phenoxy) is 1. The van der Waals surface area contributed by atoms with Crippen LogP contribution in [0.3, 0.4) is 0 Å². The molecule has 0 aliphatic heterocycles. The molecule has 2 nitrogen and oxygen atoms in total. The molecule has 0 aliphatic carbocycles. The lowest BCUT2D eigenvalue weighted by atomic mass is 10.2. The molecule has 1 rings (SSSR count). The van der Waals surface area contributed by atoms with Crippen molar-refractivity contribution in [3.05, 3.63) is 29.8 Å². The maximum Gasteiger partial charge on any atom is 0.573 e. The predicted molar refractivity (Wildman–Crippen MR) is 50.5 cm³/mol. The minimum atomic E-state index is -4.63. The highest BCUT2D eigenvalue weighted by atomic mass is 19.4. The average molecular weight is 219 g/mol. The molecular formula is C10H12F3NO. The summed E-state index contributed by atoms with van der Waals surface area (Å²) in [7, 11) is 3.69. The largest absolute Gasteiger partial charge is 0.573 e. The van der Waals surface area contributed by atoms with Crippen LogP contribution < -0.4 is 4.74 Å². The SMILES string of the molecule is CN(C)Cc1cccc(OC(F)(F)F)c1. The Balaban J connectivity index is 2.74. The molecule has 15 heavy (non-hydrogen) atoms. The van der Waals surface area contributed by atoms with Gasteiger partial charge in [0.2, 0.25) is 0 Å². The molecule has 0 bridgehead atoms. The number of halogens is 3. The molecule has 84 valence electrons. The van der Waals surface area contributed by atoms with E-state index in [0.717, 1.165) is 5.56 Å². The van der Waals surface area contributed by atoms with E-state index in [0.29, 0.717) is 6.54 Å². The van der Waals surface area contributed by atoms with Gasteiger partial charge in [-0.25, -0.2) is 0 Å². The molecular weight excluding hydrogens is 207 g/mol. The van der Waals surface area contributed by atoms with Gasteiger partial charge in [-0.3, -0.25) is 0 Å². The van der Waals surface area contributed by atoms with E-state index in [1.54, 1.807) is 12.1 Å². The van der Waals surface area contributed by atoms with Crippen molar-refractivity contribution in [3.8, 4) is 5.75 Å². The number of hydrogen-bond acceptors (Lipinski definition) is 2. The standard InChI is InChI=1S/C10H12F3NO/c1-14(2)7-8-4-3-5-9(6-8)15-10(11,12)13/h3-6H,7H2,1-2H3. The predicted octanol–water partition coefficient (Wildman–Crippen LogP) is 2.65. The highest BCUT2D eigenvalue weighted by Crippen LogP contribution is 2.23. The summed E-state index contributed by atoms with van der Waals surface area (Å²) < 4.78 is 39.5. The van der Waals surface area contributed by atoms with Crippen LogP contribution in [0.25, 0.3) is 0 Å². The lowest BCUT2D eigenvalue weighted by molar-refractivity contribution is -0.274. The average Bonchev–Trinajstić information content (AvgIpc) is 1.99. The molecule has 1 aromatic carbocycles. The summed E-state index contributed by atoms with van der Waals surface area (Å²) in [5, 5.41) is 0. The molecule has 0 saturated carbocycles. The summed E-state index contributed by atoms with van der Waals surface area (Å²) in [6.45, 7) is 0.578. The first-order valence-electron chi connectivity index (χ1n) is 4.36. The van der Waals surface area contributed by atoms with E-state index in [1.165, 1.54) is 12.1 Å². The zero-order valence-electron chi connectivity index (χ0n) is 8.51. The van der Waals surface area contributed by atoms with Gasteiger partial charge in [0.15, 0.2) is 0 Å². The highest BCUT2D eigenvalue weighted by Gasteiger charge is 2.31. The molecule has 0 spiro atoms. The van der Waals surface area contributed by atoms with Crippen molar-refractivity contribution in [1.82, 2.24) is 4.90 Å². The minimum Gasteiger partial charge on any atom is -0.406 e. The highest BCUT2D eigenvalue weighted by molar-refractivity contribution is 5.28. The second-order valence-electron chi connectivity index (χ2n) is 3.43. The molecule has 0 aromatic heterocycles. The Bertz CT molecular complexity index is 323. The van der Waals surface area contributed by atoms with Crippen molar-refractivity contribution in [2.45, 2.75) is 12.9 Å². The van der Waals surface area contributed by atoms with Crippen LogP contribution in [-0.2, 0) is 6.54 Å². The Morgan fingerprint density at radius 3 is 2.47 bits per heavy atom. The smallest absolute Gasteiger partial charge is 0.406 e. The molecule has 0 unspecified atom stereocenters. The Hall–Kier alpha value is -1.23. The first kappa shape index (κ1) is 11.8. The van der Waals surface area contributed by atoms with Crippen LogP contribution in [0.1, 0.15) is 5.56 Å². The van der Waals surface area contributed by atoms with Crippen LogP contribution in [0.4, 0.5) is 13.2 Å². The number of hydrogen-bond donors (Lipinski definition) is 0. The van der Waals surface area contributed by atoms with Crippen LogP contribution in [-0.4, -0.2) is 25.4 Å². The van der Waals surface area contributed by atoms with E-state index < -0.39 is 6.36 Å². The third-order valence-corrected chi connectivity index (χ3v) is 1.63. The number of rotatable bonds is 3. The molecule has 0 radical (unpaired) electrons. The van der Waals surface area contributed by atoms with Gasteiger partial charge in [0.1, 0.15) is 5.75 Å². The Morgan fingerprint density at radius 2 is 1.93 bits per heavy atom. The second kappa shape index (κ2) is 4.53. The number of alkyl halides is 3. The molecule has 0 saturated heterocycles. The molecule has 0 N–H and O–H groups in total. The fourth-order valence-electron chi connectivity index (χ4n) is 1.21. The van der Waals surface area contributed by atoms with Crippen molar-refractivity contribution < 1.29 is 17.9 Å². The van der Waals surface area contributed by atoms with Crippen LogP contribution in [0, 0.1) is 0 Å². The van der Waals surface area contributed by atoms with Crippen LogP contribution in [0.5, 0.6) is 5.75 Å². The third kappa shape index (κ3) is 4.69. The van der Waals surface area contributed by atoms with E-state index in [1.807, 2.05) is 19.0 Å². The Labute approximate surface area is 86.3 Å². The molecule has 0 amide bonds. The van der Waals surface area contributed by atoms with Gasteiger partial charge in [0, 0.05) is 6.54 Å². The van der Waals surface area contributed by atoms with Crippen molar-refractivity contribution in [2.75, 3.05) is 14.1 Å². The number of benzene rings is 1. The second-order valence-corrected chi connectivity index (χ2v) is 3.43. The normalized spacial score (nSPS) is 11.9. The summed E-state index contributed by atoms with van der Waals surface area (Å²) in [5.41, 5.74) is 0.779. The summed E-state index contributed by atoms with van der Waals surface area (Å²) in [6.07, 6.45) is -4.63. The summed E-state index contributed by atoms with van der Waals surface area (Å²) in [4.78, 5) is 1.87. The molecule has 5 heteroatoms. The van der Waals surface area contributed by atoms with Crippen molar-refractivity contribution >= 4 is 0 Å². The third-order valence-electron chi connectivity index (χ3n) is 1.63. The fourth-order valence-corrected chi connectivity index (χ4v) is 1.21. The fraction of sp³-hybridized carbons (Fsp3) is 0.400. The van der Waals surface area contributed by atoms with Gasteiger partial charge >= 0.3 is 6.36 Å². The zero-order chi connectivity index (χ0) is 11.5. The van der Waals surface area contributed by atoms with Crippen LogP contribution in [0.15, 0.2) is 24.3 Å². The van der Waals surface area contributed by atoms with Gasteiger partial charge in [0.05, 0.1) is 0 Å². The van der Waals surface area contributed by atoms with E-state index in [4.69, 9.17) is 0 Å². The maximum atomic E-state index is 11.9. The molecule has 0 heterocycles. The van der Waals surface area contributed by atoms with Gasteiger partial charge in [-0.15, -0.1) is 13.2 Å². The lowest BCUT2D eigenvalue weighted by Gasteiger charge is -2.12. The van der Waals surface area contributed by atoms with Gasteiger partial charge in [-0.05, 0) is 31.8 Å². The summed E-state index contributed by atoms with van der Waals surface area (Å²) in [5.74, 6) is -0.179. The van der Waals surface area contributed by atoms with E-state index >= 15 is 0 Å². The van der Waals surface area contributed by atoms with Crippen molar-refractivity contribution in [2.24, 2.45) is 0 Å². The van der Waals surface area contributed by atoms with Gasteiger partial charge < -0.3 is 9.64 Å². The summed E-state index contributed by atoms with van der Waals surface area (Å²) in [6, 6.07) is 5.96. The monoisotopic (exact) mass is 219 g/mol. The Kier molecular flexibility index (Phi) is 3.57. The zero-order valence-corrected chi connectivity index (χ0v) is 8.51. The first-order chi connectivity index (χ1) is 6.87. The van der Waals surface area contributed by atoms with E-state index in [-0.39, 0.29) is 5.75 Å². The molecule has 1 aromatic rings. The van der Waals surface area contributed by atoms with E-state index in [2.05, 4.69) is 4.74 Å². The van der Waals surface area contributed by atoms with E-state index in [9.17, 15) is 13.2 Å². The Morgan fingerprint density at radius 1 is 1.27 bits per heavy atom. The quantitative estimate of drug-likeness (QED) is 0.774. The van der Waals surface area contributed by atoms with Gasteiger partial charge in [-0.1, -0.05) is 12.1 Å². The molecule has 0 atom stereocenters. The van der Waals surface area contributed by atoms with Crippen molar-refractivity contribution in [3.63, 3.8) is 0 Å². The van der Waals surface area contributed by atoms with Crippen molar-refractivity contribution in [1.29, 1.82) is 0 Å². The summed E-state index contributed by atoms with van der Waals surface area (Å²) >= 11 is 0. The van der Waals surface area contributed by atoms with Gasteiger partial charge in [0.25, 0.3) is 0 Å². The molecule has 0 aliphatic rings. The topological polar surface area (TPSA) is 12.5 Å². The van der Waals surface area contributed by atoms with Gasteiger partial charge in [-0.2, -0.15) is 0 Å². The lowest BCUT2D eigenvalue weighted by Crippen LogP contribution is -2.17. The molecule has 0 fully saturated rings. The first-order valence-corrected chi connectivity index (χ1v) is 4.36. The van der Waals surface area contributed by atoms with Crippen LogP contribution in [0.2, 0.25) is 0 Å².